The van der Waals surface area contributed by atoms with Gasteiger partial charge in [-0.3, -0.25) is 9.59 Å². The summed E-state index contributed by atoms with van der Waals surface area (Å²) in [6.45, 7) is 8.02. The molecule has 0 saturated heterocycles. The Morgan fingerprint density at radius 2 is 1.61 bits per heavy atom. The molecule has 2 rings (SSSR count). The molecule has 2 aromatic carbocycles. The maximum atomic E-state index is 13.1. The van der Waals surface area contributed by atoms with Gasteiger partial charge in [0.2, 0.25) is 11.8 Å². The first-order valence-electron chi connectivity index (χ1n) is 9.67. The molecule has 1 N–H and O–H groups in total. The van der Waals surface area contributed by atoms with Crippen molar-refractivity contribution in [3.05, 3.63) is 70.2 Å². The topological polar surface area (TPSA) is 49.4 Å². The number of carbonyl (C=O) groups is 2. The second kappa shape index (κ2) is 10.3. The average Bonchev–Trinajstić information content (AvgIpc) is 2.65. The van der Waals surface area contributed by atoms with Gasteiger partial charge in [-0.1, -0.05) is 54.1 Å². The molecule has 0 aromatic heterocycles. The summed E-state index contributed by atoms with van der Waals surface area (Å²) in [5, 5.41) is 3.57. The molecular weight excluding hydrogens is 372 g/mol. The van der Waals surface area contributed by atoms with Crippen molar-refractivity contribution in [3.8, 4) is 0 Å². The molecule has 5 heteroatoms. The highest BCUT2D eigenvalue weighted by atomic mass is 35.5. The van der Waals surface area contributed by atoms with Crippen LogP contribution < -0.4 is 5.32 Å². The molecule has 2 amide bonds. The highest BCUT2D eigenvalue weighted by molar-refractivity contribution is 6.31. The fourth-order valence-corrected chi connectivity index (χ4v) is 3.28. The van der Waals surface area contributed by atoms with Gasteiger partial charge in [0.25, 0.3) is 0 Å². The molecule has 2 aromatic rings. The van der Waals surface area contributed by atoms with E-state index in [1.807, 2.05) is 69.3 Å². The molecule has 0 heterocycles. The number of halogens is 1. The number of hydrogen-bond acceptors (Lipinski definition) is 2. The second-order valence-electron chi connectivity index (χ2n) is 7.38. The molecular formula is C23H29ClN2O2. The molecule has 1 unspecified atom stereocenters. The number of hydrogen-bond donors (Lipinski definition) is 1. The zero-order valence-electron chi connectivity index (χ0n) is 17.0. The quantitative estimate of drug-likeness (QED) is 0.708. The molecule has 0 aliphatic heterocycles. The van der Waals surface area contributed by atoms with Crippen molar-refractivity contribution in [2.45, 2.75) is 59.2 Å². The van der Waals surface area contributed by atoms with Crippen molar-refractivity contribution >= 4 is 23.4 Å². The van der Waals surface area contributed by atoms with Crippen molar-refractivity contribution in [2.75, 3.05) is 0 Å². The predicted molar refractivity (Wildman–Crippen MR) is 114 cm³/mol. The van der Waals surface area contributed by atoms with Crippen LogP contribution in [0.1, 0.15) is 43.9 Å². The third kappa shape index (κ3) is 6.10. The van der Waals surface area contributed by atoms with E-state index >= 15 is 0 Å². The predicted octanol–water partition coefficient (Wildman–Crippen LogP) is 4.52. The minimum atomic E-state index is -0.555. The maximum absolute atomic E-state index is 13.1. The number of carbonyl (C=O) groups excluding carboxylic acids is 2. The van der Waals surface area contributed by atoms with Crippen molar-refractivity contribution in [3.63, 3.8) is 0 Å². The van der Waals surface area contributed by atoms with Gasteiger partial charge in [0.15, 0.2) is 0 Å². The first kappa shape index (κ1) is 22.0. The summed E-state index contributed by atoms with van der Waals surface area (Å²) in [5.74, 6) is -0.204. The first-order valence-corrected chi connectivity index (χ1v) is 10.0. The Morgan fingerprint density at radius 3 is 2.21 bits per heavy atom. The van der Waals surface area contributed by atoms with E-state index < -0.39 is 6.04 Å². The summed E-state index contributed by atoms with van der Waals surface area (Å²) in [5.41, 5.74) is 3.08. The maximum Gasteiger partial charge on any atom is 0.242 e. The Labute approximate surface area is 172 Å². The third-order valence-corrected chi connectivity index (χ3v) is 5.13. The molecule has 0 saturated carbocycles. The summed E-state index contributed by atoms with van der Waals surface area (Å²) in [6, 6.07) is 14.9. The van der Waals surface area contributed by atoms with E-state index in [1.165, 1.54) is 0 Å². The monoisotopic (exact) mass is 400 g/mol. The summed E-state index contributed by atoms with van der Waals surface area (Å²) >= 11 is 6.22. The van der Waals surface area contributed by atoms with Gasteiger partial charge >= 0.3 is 0 Å². The number of aryl methyl sites for hydroxylation is 2. The molecule has 4 nitrogen and oxygen atoms in total. The van der Waals surface area contributed by atoms with E-state index in [0.717, 1.165) is 16.7 Å². The lowest BCUT2D eigenvalue weighted by molar-refractivity contribution is -0.140. The van der Waals surface area contributed by atoms with Gasteiger partial charge in [0.05, 0.1) is 0 Å². The van der Waals surface area contributed by atoms with Gasteiger partial charge in [0, 0.05) is 24.0 Å². The number of amides is 2. The number of benzene rings is 2. The molecule has 0 aliphatic rings. The first-order chi connectivity index (χ1) is 13.3. The molecule has 0 fully saturated rings. The summed E-state index contributed by atoms with van der Waals surface area (Å²) in [6.07, 6.45) is 0.843. The minimum Gasteiger partial charge on any atom is -0.352 e. The van der Waals surface area contributed by atoms with E-state index in [4.69, 9.17) is 11.6 Å². The number of nitrogens with zero attached hydrogens (tertiary/aromatic N) is 1. The smallest absolute Gasteiger partial charge is 0.242 e. The molecule has 150 valence electrons. The zero-order valence-corrected chi connectivity index (χ0v) is 17.8. The Kier molecular flexibility index (Phi) is 8.06. The molecule has 0 spiro atoms. The normalized spacial score (nSPS) is 11.9. The lowest BCUT2D eigenvalue weighted by atomic mass is 10.1. The standard InChI is InChI=1S/C23H29ClN2O2/c1-16(2)25-23(28)18(4)26(15-20-11-6-5-9-17(20)3)22(27)14-13-19-10-7-8-12-21(19)24/h5-12,16,18H,13-15H2,1-4H3,(H,25,28). The van der Waals surface area contributed by atoms with Crippen molar-refractivity contribution in [2.24, 2.45) is 0 Å². The second-order valence-corrected chi connectivity index (χ2v) is 7.79. The van der Waals surface area contributed by atoms with Crippen molar-refractivity contribution in [1.82, 2.24) is 10.2 Å². The largest absolute Gasteiger partial charge is 0.352 e. The van der Waals surface area contributed by atoms with Crippen LogP contribution in [0, 0.1) is 6.92 Å². The van der Waals surface area contributed by atoms with Crippen molar-refractivity contribution < 1.29 is 9.59 Å². The minimum absolute atomic E-state index is 0.0217. The van der Waals surface area contributed by atoms with Crippen LogP contribution in [0.3, 0.4) is 0 Å². The molecule has 0 aliphatic carbocycles. The highest BCUT2D eigenvalue weighted by Gasteiger charge is 2.26. The highest BCUT2D eigenvalue weighted by Crippen LogP contribution is 2.19. The van der Waals surface area contributed by atoms with Crippen LogP contribution in [0.5, 0.6) is 0 Å². The molecule has 1 atom stereocenters. The zero-order chi connectivity index (χ0) is 20.7. The van der Waals surface area contributed by atoms with Crippen LogP contribution in [-0.4, -0.2) is 28.8 Å². The molecule has 28 heavy (non-hydrogen) atoms. The Bertz CT molecular complexity index is 820. The van der Waals surface area contributed by atoms with Crippen molar-refractivity contribution in [1.29, 1.82) is 0 Å². The summed E-state index contributed by atoms with van der Waals surface area (Å²) < 4.78 is 0. The van der Waals surface area contributed by atoms with Crippen LogP contribution in [0.2, 0.25) is 5.02 Å². The SMILES string of the molecule is Cc1ccccc1CN(C(=O)CCc1ccccc1Cl)C(C)C(=O)NC(C)C. The van der Waals surface area contributed by atoms with E-state index in [2.05, 4.69) is 5.32 Å². The summed E-state index contributed by atoms with van der Waals surface area (Å²) in [4.78, 5) is 27.3. The van der Waals surface area contributed by atoms with Crippen LogP contribution >= 0.6 is 11.6 Å². The summed E-state index contributed by atoms with van der Waals surface area (Å²) in [7, 11) is 0. The molecule has 0 radical (unpaired) electrons. The van der Waals surface area contributed by atoms with E-state index in [-0.39, 0.29) is 17.9 Å². The van der Waals surface area contributed by atoms with Gasteiger partial charge < -0.3 is 10.2 Å². The lowest BCUT2D eigenvalue weighted by Crippen LogP contribution is -2.49. The lowest BCUT2D eigenvalue weighted by Gasteiger charge is -2.30. The fraction of sp³-hybridized carbons (Fsp3) is 0.391. The van der Waals surface area contributed by atoms with Crippen LogP contribution in [0.4, 0.5) is 0 Å². The third-order valence-electron chi connectivity index (χ3n) is 4.77. The Hall–Kier alpha value is -2.33. The number of rotatable bonds is 8. The van der Waals surface area contributed by atoms with Gasteiger partial charge in [-0.05, 0) is 56.9 Å². The van der Waals surface area contributed by atoms with Gasteiger partial charge in [-0.15, -0.1) is 0 Å². The Balaban J connectivity index is 2.18. The van der Waals surface area contributed by atoms with Crippen LogP contribution in [-0.2, 0) is 22.6 Å². The van der Waals surface area contributed by atoms with Crippen LogP contribution in [0.25, 0.3) is 0 Å². The van der Waals surface area contributed by atoms with Gasteiger partial charge in [0.1, 0.15) is 6.04 Å². The average molecular weight is 401 g/mol. The van der Waals surface area contributed by atoms with Gasteiger partial charge in [-0.25, -0.2) is 0 Å². The fourth-order valence-electron chi connectivity index (χ4n) is 3.05. The Morgan fingerprint density at radius 1 is 1.00 bits per heavy atom. The van der Waals surface area contributed by atoms with Crippen LogP contribution in [0.15, 0.2) is 48.5 Å². The van der Waals surface area contributed by atoms with E-state index in [9.17, 15) is 9.59 Å². The van der Waals surface area contributed by atoms with E-state index in [1.54, 1.807) is 11.8 Å². The number of nitrogens with one attached hydrogen (secondary N) is 1. The van der Waals surface area contributed by atoms with Gasteiger partial charge in [-0.2, -0.15) is 0 Å². The van der Waals surface area contributed by atoms with E-state index in [0.29, 0.717) is 24.4 Å². The molecule has 0 bridgehead atoms.